The molecule has 1 unspecified atom stereocenters. The van der Waals surface area contributed by atoms with Gasteiger partial charge in [-0.25, -0.2) is 4.98 Å². The molecule has 1 aliphatic rings. The smallest absolute Gasteiger partial charge is 0.268 e. The van der Waals surface area contributed by atoms with Crippen molar-refractivity contribution < 1.29 is 9.59 Å². The lowest BCUT2D eigenvalue weighted by Gasteiger charge is -2.31. The summed E-state index contributed by atoms with van der Waals surface area (Å²) in [5.74, 6) is -0.456. The number of aromatic nitrogens is 1. The van der Waals surface area contributed by atoms with Crippen molar-refractivity contribution in [2.75, 3.05) is 13.1 Å². The highest BCUT2D eigenvalue weighted by Gasteiger charge is 2.28. The number of piperidine rings is 1. The van der Waals surface area contributed by atoms with Gasteiger partial charge in [0.1, 0.15) is 5.69 Å². The lowest BCUT2D eigenvalue weighted by atomic mass is 9.98. The minimum Gasteiger partial charge on any atom is -0.364 e. The maximum Gasteiger partial charge on any atom is 0.268 e. The van der Waals surface area contributed by atoms with Crippen LogP contribution < -0.4 is 5.73 Å². The molecule has 5 nitrogen and oxygen atoms in total. The minimum atomic E-state index is -0.520. The summed E-state index contributed by atoms with van der Waals surface area (Å²) in [7, 11) is 0. The summed E-state index contributed by atoms with van der Waals surface area (Å²) >= 11 is 1.50. The second kappa shape index (κ2) is 7.19. The normalized spacial score (nSPS) is 17.3. The SMILES string of the molecule is C=CC(=O)N1CCCC(c2nc(C(N)=O)c(-c3ccc(C)cc3)s2)C1. The average Bonchev–Trinajstić information content (AvgIpc) is 3.07. The van der Waals surface area contributed by atoms with Crippen LogP contribution in [0.4, 0.5) is 0 Å². The van der Waals surface area contributed by atoms with Crippen LogP contribution in [0.2, 0.25) is 0 Å². The standard InChI is InChI=1S/C19H21N3O2S/c1-3-15(23)22-10-4-5-14(11-22)19-21-16(18(20)24)17(25-19)13-8-6-12(2)7-9-13/h3,6-9,14H,1,4-5,10-11H2,2H3,(H2,20,24). The molecular formula is C19H21N3O2S. The molecule has 1 aromatic carbocycles. The molecule has 1 aliphatic heterocycles. The van der Waals surface area contributed by atoms with E-state index in [4.69, 9.17) is 5.73 Å². The monoisotopic (exact) mass is 355 g/mol. The van der Waals surface area contributed by atoms with Crippen LogP contribution in [0.25, 0.3) is 10.4 Å². The number of carbonyl (C=O) groups excluding carboxylic acids is 2. The molecule has 25 heavy (non-hydrogen) atoms. The number of thiazole rings is 1. The molecule has 0 spiro atoms. The first-order valence-electron chi connectivity index (χ1n) is 8.28. The Hall–Kier alpha value is -2.47. The van der Waals surface area contributed by atoms with Crippen molar-refractivity contribution in [1.29, 1.82) is 0 Å². The Morgan fingerprint density at radius 1 is 1.36 bits per heavy atom. The quantitative estimate of drug-likeness (QED) is 0.856. The molecule has 0 bridgehead atoms. The molecule has 0 radical (unpaired) electrons. The van der Waals surface area contributed by atoms with E-state index in [1.54, 1.807) is 4.90 Å². The fraction of sp³-hybridized carbons (Fsp3) is 0.316. The van der Waals surface area contributed by atoms with E-state index in [0.29, 0.717) is 12.2 Å². The number of primary amides is 1. The third-order valence-corrected chi connectivity index (χ3v) is 5.71. The summed E-state index contributed by atoms with van der Waals surface area (Å²) in [6, 6.07) is 7.97. The Morgan fingerprint density at radius 2 is 2.08 bits per heavy atom. The number of hydrogen-bond acceptors (Lipinski definition) is 4. The van der Waals surface area contributed by atoms with Gasteiger partial charge < -0.3 is 10.6 Å². The van der Waals surface area contributed by atoms with E-state index in [9.17, 15) is 9.59 Å². The van der Waals surface area contributed by atoms with E-state index in [1.165, 1.54) is 17.4 Å². The molecule has 2 heterocycles. The van der Waals surface area contributed by atoms with Gasteiger partial charge in [0, 0.05) is 19.0 Å². The highest BCUT2D eigenvalue weighted by atomic mass is 32.1. The number of amides is 2. The van der Waals surface area contributed by atoms with Crippen molar-refractivity contribution in [2.45, 2.75) is 25.7 Å². The van der Waals surface area contributed by atoms with Crippen LogP contribution in [-0.2, 0) is 4.79 Å². The highest BCUT2D eigenvalue weighted by Crippen LogP contribution is 2.37. The van der Waals surface area contributed by atoms with Gasteiger partial charge in [0.25, 0.3) is 5.91 Å². The highest BCUT2D eigenvalue weighted by molar-refractivity contribution is 7.15. The Bertz CT molecular complexity index is 811. The number of benzene rings is 1. The predicted molar refractivity (Wildman–Crippen MR) is 99.6 cm³/mol. The first-order valence-corrected chi connectivity index (χ1v) is 9.10. The summed E-state index contributed by atoms with van der Waals surface area (Å²) in [6.45, 7) is 6.91. The third kappa shape index (κ3) is 3.64. The molecule has 2 N–H and O–H groups in total. The zero-order valence-corrected chi connectivity index (χ0v) is 15.0. The van der Waals surface area contributed by atoms with E-state index >= 15 is 0 Å². The summed E-state index contributed by atoms with van der Waals surface area (Å²) in [4.78, 5) is 30.9. The van der Waals surface area contributed by atoms with Crippen molar-refractivity contribution in [3.8, 4) is 10.4 Å². The van der Waals surface area contributed by atoms with Crippen molar-refractivity contribution in [2.24, 2.45) is 5.73 Å². The number of carbonyl (C=O) groups is 2. The van der Waals surface area contributed by atoms with Crippen molar-refractivity contribution in [3.05, 3.63) is 53.2 Å². The molecule has 0 saturated carbocycles. The van der Waals surface area contributed by atoms with Gasteiger partial charge in [-0.15, -0.1) is 11.3 Å². The fourth-order valence-electron chi connectivity index (χ4n) is 3.09. The van der Waals surface area contributed by atoms with Crippen LogP contribution >= 0.6 is 11.3 Å². The second-order valence-electron chi connectivity index (χ2n) is 6.29. The number of nitrogens with two attached hydrogens (primary N) is 1. The van der Waals surface area contributed by atoms with Crippen LogP contribution in [0, 0.1) is 6.92 Å². The van der Waals surface area contributed by atoms with Crippen LogP contribution in [0.1, 0.15) is 39.8 Å². The Labute approximate surface area is 151 Å². The number of nitrogens with zero attached hydrogens (tertiary/aromatic N) is 2. The Balaban J connectivity index is 1.93. The third-order valence-electron chi connectivity index (χ3n) is 4.45. The number of hydrogen-bond donors (Lipinski definition) is 1. The second-order valence-corrected chi connectivity index (χ2v) is 7.32. The first-order chi connectivity index (χ1) is 12.0. The van der Waals surface area contributed by atoms with Gasteiger partial charge in [-0.3, -0.25) is 9.59 Å². The summed E-state index contributed by atoms with van der Waals surface area (Å²) in [6.07, 6.45) is 3.20. The van der Waals surface area contributed by atoms with Crippen LogP contribution in [0.15, 0.2) is 36.9 Å². The van der Waals surface area contributed by atoms with Gasteiger partial charge in [-0.1, -0.05) is 36.4 Å². The molecular weight excluding hydrogens is 334 g/mol. The Morgan fingerprint density at radius 3 is 2.72 bits per heavy atom. The molecule has 130 valence electrons. The van der Waals surface area contributed by atoms with Crippen LogP contribution in [0.5, 0.6) is 0 Å². The van der Waals surface area contributed by atoms with Gasteiger partial charge >= 0.3 is 0 Å². The van der Waals surface area contributed by atoms with E-state index in [2.05, 4.69) is 11.6 Å². The van der Waals surface area contributed by atoms with Crippen molar-refractivity contribution >= 4 is 23.2 Å². The summed E-state index contributed by atoms with van der Waals surface area (Å²) in [5.41, 5.74) is 7.96. The molecule has 2 aromatic rings. The first kappa shape index (κ1) is 17.4. The zero-order valence-electron chi connectivity index (χ0n) is 14.2. The Kier molecular flexibility index (Phi) is 4.99. The maximum absolute atomic E-state index is 11.9. The van der Waals surface area contributed by atoms with E-state index in [1.807, 2.05) is 31.2 Å². The lowest BCUT2D eigenvalue weighted by molar-refractivity contribution is -0.127. The van der Waals surface area contributed by atoms with Gasteiger partial charge in [0.2, 0.25) is 5.91 Å². The number of rotatable bonds is 4. The van der Waals surface area contributed by atoms with Gasteiger partial charge in [0.15, 0.2) is 0 Å². The maximum atomic E-state index is 11.9. The molecule has 2 amide bonds. The molecule has 0 aliphatic carbocycles. The predicted octanol–water partition coefficient (Wildman–Crippen LogP) is 3.11. The van der Waals surface area contributed by atoms with Crippen molar-refractivity contribution in [3.63, 3.8) is 0 Å². The summed E-state index contributed by atoms with van der Waals surface area (Å²) in [5, 5.41) is 0.867. The summed E-state index contributed by atoms with van der Waals surface area (Å²) < 4.78 is 0. The average molecular weight is 355 g/mol. The van der Waals surface area contributed by atoms with Gasteiger partial charge in [0.05, 0.1) is 9.88 Å². The molecule has 1 atom stereocenters. The fourth-order valence-corrected chi connectivity index (χ4v) is 4.29. The van der Waals surface area contributed by atoms with E-state index in [0.717, 1.165) is 40.4 Å². The molecule has 1 fully saturated rings. The zero-order chi connectivity index (χ0) is 18.0. The molecule has 3 rings (SSSR count). The minimum absolute atomic E-state index is 0.0601. The molecule has 1 aromatic heterocycles. The van der Waals surface area contributed by atoms with E-state index in [-0.39, 0.29) is 11.8 Å². The van der Waals surface area contributed by atoms with Crippen molar-refractivity contribution in [1.82, 2.24) is 9.88 Å². The molecule has 1 saturated heterocycles. The van der Waals surface area contributed by atoms with Gasteiger partial charge in [-0.05, 0) is 31.4 Å². The van der Waals surface area contributed by atoms with E-state index < -0.39 is 5.91 Å². The largest absolute Gasteiger partial charge is 0.364 e. The topological polar surface area (TPSA) is 76.3 Å². The molecule has 6 heteroatoms. The lowest BCUT2D eigenvalue weighted by Crippen LogP contribution is -2.38. The number of aryl methyl sites for hydroxylation is 1. The van der Waals surface area contributed by atoms with Crippen LogP contribution in [-0.4, -0.2) is 34.8 Å². The number of likely N-dealkylation sites (tertiary alicyclic amines) is 1. The van der Waals surface area contributed by atoms with Gasteiger partial charge in [-0.2, -0.15) is 0 Å². The van der Waals surface area contributed by atoms with Crippen LogP contribution in [0.3, 0.4) is 0 Å².